The number of nitrogens with one attached hydrogen (secondary N) is 1. The maximum Gasteiger partial charge on any atom is 0.250 e. The van der Waals surface area contributed by atoms with Gasteiger partial charge in [-0.3, -0.25) is 14.9 Å². The molecule has 2 amide bonds. The SMILES string of the molecule is O=C1C=CC(=O)N1.c1ccc2nc3ccccc3cc2c1. The molecule has 0 aliphatic carbocycles. The van der Waals surface area contributed by atoms with E-state index in [0.717, 1.165) is 11.0 Å². The third-order valence-electron chi connectivity index (χ3n) is 3.06. The molecule has 4 rings (SSSR count). The van der Waals surface area contributed by atoms with E-state index in [2.05, 4.69) is 23.2 Å². The van der Waals surface area contributed by atoms with E-state index in [4.69, 9.17) is 0 Å². The first-order valence-corrected chi connectivity index (χ1v) is 6.50. The number of carbonyl (C=O) groups excluding carboxylic acids is 2. The average molecular weight is 276 g/mol. The first kappa shape index (κ1) is 13.0. The van der Waals surface area contributed by atoms with Crippen LogP contribution in [0, 0.1) is 0 Å². The summed E-state index contributed by atoms with van der Waals surface area (Å²) < 4.78 is 0. The molecular weight excluding hydrogens is 264 g/mol. The van der Waals surface area contributed by atoms with Crippen LogP contribution in [0.4, 0.5) is 0 Å². The summed E-state index contributed by atoms with van der Waals surface area (Å²) in [5, 5.41) is 4.43. The highest BCUT2D eigenvalue weighted by Gasteiger charge is 2.06. The van der Waals surface area contributed by atoms with Gasteiger partial charge in [0.25, 0.3) is 11.8 Å². The summed E-state index contributed by atoms with van der Waals surface area (Å²) in [6.45, 7) is 0. The average Bonchev–Trinajstić information content (AvgIpc) is 2.89. The van der Waals surface area contributed by atoms with Crippen molar-refractivity contribution in [2.24, 2.45) is 0 Å². The molecule has 102 valence electrons. The molecule has 1 N–H and O–H groups in total. The molecule has 2 aromatic carbocycles. The molecule has 1 aliphatic rings. The predicted octanol–water partition coefficient (Wildman–Crippen LogP) is 2.59. The largest absolute Gasteiger partial charge is 0.289 e. The fourth-order valence-corrected chi connectivity index (χ4v) is 2.08. The Labute approximate surface area is 121 Å². The standard InChI is InChI=1S/C13H9N.C4H3NO2/c1-3-7-12-10(5-1)9-11-6-2-4-8-13(11)14-12;6-3-1-2-4(7)5-3/h1-9H;1-2H,(H,5,6,7). The summed E-state index contributed by atoms with van der Waals surface area (Å²) in [7, 11) is 0. The van der Waals surface area contributed by atoms with Gasteiger partial charge in [0.05, 0.1) is 11.0 Å². The van der Waals surface area contributed by atoms with Gasteiger partial charge in [0.2, 0.25) is 0 Å². The van der Waals surface area contributed by atoms with Crippen LogP contribution in [-0.2, 0) is 9.59 Å². The molecule has 4 heteroatoms. The van der Waals surface area contributed by atoms with Gasteiger partial charge in [-0.15, -0.1) is 0 Å². The van der Waals surface area contributed by atoms with E-state index in [1.807, 2.05) is 41.7 Å². The van der Waals surface area contributed by atoms with E-state index >= 15 is 0 Å². The van der Waals surface area contributed by atoms with Gasteiger partial charge in [-0.1, -0.05) is 36.4 Å². The topological polar surface area (TPSA) is 59.1 Å². The van der Waals surface area contributed by atoms with Crippen LogP contribution < -0.4 is 5.32 Å². The van der Waals surface area contributed by atoms with E-state index in [1.165, 1.54) is 22.9 Å². The number of amides is 2. The van der Waals surface area contributed by atoms with Crippen molar-refractivity contribution in [2.75, 3.05) is 0 Å². The second-order valence-corrected chi connectivity index (χ2v) is 4.56. The Hall–Kier alpha value is -3.01. The molecule has 0 saturated carbocycles. The minimum absolute atomic E-state index is 0.329. The molecule has 2 heterocycles. The van der Waals surface area contributed by atoms with Crippen molar-refractivity contribution >= 4 is 33.6 Å². The van der Waals surface area contributed by atoms with E-state index in [9.17, 15) is 9.59 Å². The highest BCUT2D eigenvalue weighted by atomic mass is 16.2. The minimum Gasteiger partial charge on any atom is -0.289 e. The molecular formula is C17H12N2O2. The van der Waals surface area contributed by atoms with Crippen LogP contribution in [0.1, 0.15) is 0 Å². The van der Waals surface area contributed by atoms with Gasteiger partial charge in [0.1, 0.15) is 0 Å². The first-order valence-electron chi connectivity index (χ1n) is 6.50. The Morgan fingerprint density at radius 2 is 1.19 bits per heavy atom. The van der Waals surface area contributed by atoms with Crippen molar-refractivity contribution in [3.05, 3.63) is 66.7 Å². The number of pyridine rings is 1. The number of para-hydroxylation sites is 2. The lowest BCUT2D eigenvalue weighted by atomic mass is 10.1. The highest BCUT2D eigenvalue weighted by Crippen LogP contribution is 2.18. The van der Waals surface area contributed by atoms with Crippen molar-refractivity contribution in [2.45, 2.75) is 0 Å². The first-order chi connectivity index (χ1) is 10.2. The molecule has 3 aromatic rings. The van der Waals surface area contributed by atoms with Crippen LogP contribution in [-0.4, -0.2) is 16.8 Å². The molecule has 0 unspecified atom stereocenters. The number of aromatic nitrogens is 1. The van der Waals surface area contributed by atoms with E-state index < -0.39 is 0 Å². The second-order valence-electron chi connectivity index (χ2n) is 4.56. The number of benzene rings is 2. The van der Waals surface area contributed by atoms with Gasteiger partial charge < -0.3 is 0 Å². The van der Waals surface area contributed by atoms with Crippen LogP contribution in [0.15, 0.2) is 66.7 Å². The summed E-state index contributed by atoms with van der Waals surface area (Å²) in [5.41, 5.74) is 2.12. The molecule has 0 bridgehead atoms. The quantitative estimate of drug-likeness (QED) is 0.507. The highest BCUT2D eigenvalue weighted by molar-refractivity contribution is 6.12. The maximum absolute atomic E-state index is 10.0. The number of hydrogen-bond donors (Lipinski definition) is 1. The Morgan fingerprint density at radius 3 is 1.62 bits per heavy atom. The monoisotopic (exact) mass is 276 g/mol. The van der Waals surface area contributed by atoms with Crippen LogP contribution in [0.2, 0.25) is 0 Å². The lowest BCUT2D eigenvalue weighted by Gasteiger charge is -1.99. The minimum atomic E-state index is -0.329. The zero-order chi connectivity index (χ0) is 14.7. The van der Waals surface area contributed by atoms with Crippen LogP contribution in [0.5, 0.6) is 0 Å². The lowest BCUT2D eigenvalue weighted by molar-refractivity contribution is -0.123. The maximum atomic E-state index is 10.0. The number of rotatable bonds is 0. The predicted molar refractivity (Wildman–Crippen MR) is 81.5 cm³/mol. The molecule has 0 radical (unpaired) electrons. The molecule has 0 fully saturated rings. The van der Waals surface area contributed by atoms with Gasteiger partial charge in [0, 0.05) is 22.9 Å². The smallest absolute Gasteiger partial charge is 0.250 e. The molecule has 0 saturated heterocycles. The van der Waals surface area contributed by atoms with E-state index in [-0.39, 0.29) is 11.8 Å². The van der Waals surface area contributed by atoms with Crippen molar-refractivity contribution in [1.29, 1.82) is 0 Å². The number of imide groups is 1. The van der Waals surface area contributed by atoms with E-state index in [1.54, 1.807) is 0 Å². The van der Waals surface area contributed by atoms with E-state index in [0.29, 0.717) is 0 Å². The zero-order valence-electron chi connectivity index (χ0n) is 11.1. The van der Waals surface area contributed by atoms with Gasteiger partial charge >= 0.3 is 0 Å². The van der Waals surface area contributed by atoms with Crippen molar-refractivity contribution < 1.29 is 9.59 Å². The molecule has 21 heavy (non-hydrogen) atoms. The number of fused-ring (bicyclic) bond motifs is 2. The number of hydrogen-bond acceptors (Lipinski definition) is 3. The van der Waals surface area contributed by atoms with Gasteiger partial charge in [0.15, 0.2) is 0 Å². The molecule has 0 spiro atoms. The Kier molecular flexibility index (Phi) is 3.43. The Bertz CT molecular complexity index is 748. The summed E-state index contributed by atoms with van der Waals surface area (Å²) in [5.74, 6) is -0.657. The molecule has 1 aliphatic heterocycles. The summed E-state index contributed by atoms with van der Waals surface area (Å²) in [4.78, 5) is 24.6. The van der Waals surface area contributed by atoms with Crippen molar-refractivity contribution in [1.82, 2.24) is 10.3 Å². The zero-order valence-corrected chi connectivity index (χ0v) is 11.1. The van der Waals surface area contributed by atoms with Crippen LogP contribution in [0.3, 0.4) is 0 Å². The summed E-state index contributed by atoms with van der Waals surface area (Å²) in [6, 6.07) is 18.6. The van der Waals surface area contributed by atoms with Crippen molar-refractivity contribution in [3.8, 4) is 0 Å². The molecule has 4 nitrogen and oxygen atoms in total. The molecule has 1 aromatic heterocycles. The lowest BCUT2D eigenvalue weighted by Crippen LogP contribution is -2.19. The Balaban J connectivity index is 0.000000160. The summed E-state index contributed by atoms with van der Waals surface area (Å²) in [6.07, 6.45) is 2.39. The fraction of sp³-hybridized carbons (Fsp3) is 0. The normalized spacial score (nSPS) is 13.1. The third-order valence-corrected chi connectivity index (χ3v) is 3.06. The van der Waals surface area contributed by atoms with Gasteiger partial charge in [-0.2, -0.15) is 0 Å². The van der Waals surface area contributed by atoms with Gasteiger partial charge in [-0.25, -0.2) is 4.98 Å². The number of nitrogens with zero attached hydrogens (tertiary/aromatic N) is 1. The van der Waals surface area contributed by atoms with Gasteiger partial charge in [-0.05, 0) is 18.2 Å². The Morgan fingerprint density at radius 1 is 0.714 bits per heavy atom. The molecule has 0 atom stereocenters. The summed E-state index contributed by atoms with van der Waals surface area (Å²) >= 11 is 0. The van der Waals surface area contributed by atoms with Crippen molar-refractivity contribution in [3.63, 3.8) is 0 Å². The fourth-order valence-electron chi connectivity index (χ4n) is 2.08. The van der Waals surface area contributed by atoms with Crippen LogP contribution >= 0.6 is 0 Å². The second kappa shape index (κ2) is 5.54. The third kappa shape index (κ3) is 2.95. The number of carbonyl (C=O) groups is 2. The van der Waals surface area contributed by atoms with Crippen LogP contribution in [0.25, 0.3) is 21.8 Å².